The third-order valence-corrected chi connectivity index (χ3v) is 4.27. The summed E-state index contributed by atoms with van der Waals surface area (Å²) in [5.74, 6) is 0.179. The van der Waals surface area contributed by atoms with Crippen molar-refractivity contribution in [2.45, 2.75) is 19.5 Å². The van der Waals surface area contributed by atoms with Crippen molar-refractivity contribution in [2.75, 3.05) is 39.3 Å². The Labute approximate surface area is 114 Å². The predicted octanol–water partition coefficient (Wildman–Crippen LogP) is 0.238. The van der Waals surface area contributed by atoms with Gasteiger partial charge in [0.2, 0.25) is 0 Å². The summed E-state index contributed by atoms with van der Waals surface area (Å²) in [4.78, 5) is 17.0. The van der Waals surface area contributed by atoms with E-state index in [1.165, 1.54) is 0 Å². The minimum absolute atomic E-state index is 0.179. The third-order valence-electron chi connectivity index (χ3n) is 4.27. The van der Waals surface area contributed by atoms with Gasteiger partial charge in [-0.25, -0.2) is 0 Å². The molecule has 0 aliphatic carbocycles. The molecule has 1 N–H and O–H groups in total. The summed E-state index contributed by atoms with van der Waals surface area (Å²) in [6, 6.07) is 4.57. The van der Waals surface area contributed by atoms with Gasteiger partial charge in [-0.3, -0.25) is 9.69 Å². The Balaban J connectivity index is 1.60. The van der Waals surface area contributed by atoms with E-state index in [0.29, 0.717) is 6.04 Å². The number of aromatic nitrogens is 1. The lowest BCUT2D eigenvalue weighted by atomic mass is 10.1. The van der Waals surface area contributed by atoms with E-state index < -0.39 is 0 Å². The minimum Gasteiger partial charge on any atom is -0.344 e. The molecular weight excluding hydrogens is 240 g/mol. The lowest BCUT2D eigenvalue weighted by Gasteiger charge is -2.43. The van der Waals surface area contributed by atoms with Crippen molar-refractivity contribution in [3.63, 3.8) is 0 Å². The number of hydrogen-bond donors (Lipinski definition) is 1. The topological polar surface area (TPSA) is 40.5 Å². The second-order valence-electron chi connectivity index (χ2n) is 5.32. The zero-order valence-corrected chi connectivity index (χ0v) is 11.5. The van der Waals surface area contributed by atoms with Crippen LogP contribution in [0.4, 0.5) is 0 Å². The van der Waals surface area contributed by atoms with E-state index in [9.17, 15) is 4.79 Å². The van der Waals surface area contributed by atoms with Gasteiger partial charge in [0, 0.05) is 58.1 Å². The summed E-state index contributed by atoms with van der Waals surface area (Å²) in [6.07, 6.45) is 1.98. The number of hydrogen-bond acceptors (Lipinski definition) is 3. The van der Waals surface area contributed by atoms with Gasteiger partial charge in [-0.15, -0.1) is 0 Å². The predicted molar refractivity (Wildman–Crippen MR) is 74.2 cm³/mol. The highest BCUT2D eigenvalue weighted by atomic mass is 16.2. The fourth-order valence-electron chi connectivity index (χ4n) is 2.87. The Bertz CT molecular complexity index is 444. The summed E-state index contributed by atoms with van der Waals surface area (Å²) >= 11 is 0. The Morgan fingerprint density at radius 3 is 2.63 bits per heavy atom. The van der Waals surface area contributed by atoms with Gasteiger partial charge in [0.25, 0.3) is 5.91 Å². The molecule has 0 saturated carbocycles. The van der Waals surface area contributed by atoms with Crippen molar-refractivity contribution >= 4 is 5.91 Å². The van der Waals surface area contributed by atoms with Crippen LogP contribution in [0.25, 0.3) is 0 Å². The molecule has 5 nitrogen and oxygen atoms in total. The van der Waals surface area contributed by atoms with Crippen molar-refractivity contribution in [1.29, 1.82) is 0 Å². The first kappa shape index (κ1) is 12.7. The molecule has 0 bridgehead atoms. The summed E-state index contributed by atoms with van der Waals surface area (Å²) in [7, 11) is 0. The quantitative estimate of drug-likeness (QED) is 0.848. The van der Waals surface area contributed by atoms with Gasteiger partial charge >= 0.3 is 0 Å². The van der Waals surface area contributed by atoms with E-state index >= 15 is 0 Å². The van der Waals surface area contributed by atoms with Crippen molar-refractivity contribution in [3.8, 4) is 0 Å². The van der Waals surface area contributed by atoms with E-state index in [2.05, 4.69) is 17.1 Å². The minimum atomic E-state index is 0.179. The highest BCUT2D eigenvalue weighted by Gasteiger charge is 2.29. The average Bonchev–Trinajstić information content (AvgIpc) is 2.85. The normalized spacial score (nSPS) is 21.4. The van der Waals surface area contributed by atoms with Gasteiger partial charge < -0.3 is 14.8 Å². The second-order valence-corrected chi connectivity index (χ2v) is 5.32. The molecule has 5 heteroatoms. The maximum absolute atomic E-state index is 12.5. The first-order valence-corrected chi connectivity index (χ1v) is 7.18. The molecule has 0 spiro atoms. The van der Waals surface area contributed by atoms with Crippen LogP contribution < -0.4 is 5.32 Å². The molecule has 0 atom stereocenters. The molecule has 104 valence electrons. The maximum atomic E-state index is 12.5. The van der Waals surface area contributed by atoms with E-state index in [1.54, 1.807) is 0 Å². The van der Waals surface area contributed by atoms with Crippen molar-refractivity contribution in [3.05, 3.63) is 24.0 Å². The van der Waals surface area contributed by atoms with Gasteiger partial charge in [-0.05, 0) is 19.1 Å². The fraction of sp³-hybridized carbons (Fsp3) is 0.643. The van der Waals surface area contributed by atoms with Crippen molar-refractivity contribution in [2.24, 2.45) is 0 Å². The molecule has 3 heterocycles. The van der Waals surface area contributed by atoms with Gasteiger partial charge in [-0.1, -0.05) is 0 Å². The molecular formula is C14H22N4O. The largest absolute Gasteiger partial charge is 0.344 e. The number of aryl methyl sites for hydroxylation is 1. The van der Waals surface area contributed by atoms with Crippen LogP contribution in [0.5, 0.6) is 0 Å². The Morgan fingerprint density at radius 1 is 1.32 bits per heavy atom. The number of carbonyl (C=O) groups excluding carboxylic acids is 1. The number of rotatable bonds is 3. The molecule has 0 radical (unpaired) electrons. The molecule has 1 aromatic rings. The smallest absolute Gasteiger partial charge is 0.270 e. The maximum Gasteiger partial charge on any atom is 0.270 e. The molecule has 0 unspecified atom stereocenters. The average molecular weight is 262 g/mol. The highest BCUT2D eigenvalue weighted by Crippen LogP contribution is 2.13. The van der Waals surface area contributed by atoms with E-state index in [-0.39, 0.29) is 5.91 Å². The third kappa shape index (κ3) is 2.40. The number of amides is 1. The monoisotopic (exact) mass is 262 g/mol. The molecule has 1 amide bonds. The lowest BCUT2D eigenvalue weighted by molar-refractivity contribution is 0.0493. The fourth-order valence-corrected chi connectivity index (χ4v) is 2.87. The molecule has 19 heavy (non-hydrogen) atoms. The summed E-state index contributed by atoms with van der Waals surface area (Å²) in [6.45, 7) is 8.84. The number of piperazine rings is 1. The zero-order valence-electron chi connectivity index (χ0n) is 11.5. The number of carbonyl (C=O) groups is 1. The van der Waals surface area contributed by atoms with Gasteiger partial charge in [0.15, 0.2) is 0 Å². The zero-order chi connectivity index (χ0) is 13.2. The van der Waals surface area contributed by atoms with Crippen molar-refractivity contribution < 1.29 is 4.79 Å². The molecule has 2 saturated heterocycles. The Kier molecular flexibility index (Phi) is 3.57. The van der Waals surface area contributed by atoms with Gasteiger partial charge in [0.1, 0.15) is 5.69 Å². The summed E-state index contributed by atoms with van der Waals surface area (Å²) in [5, 5.41) is 3.30. The first-order chi connectivity index (χ1) is 9.29. The molecule has 1 aromatic heterocycles. The SMILES string of the molecule is CCn1cccc1C(=O)N1CCN(C2CNC2)CC1. The van der Waals surface area contributed by atoms with E-state index in [0.717, 1.165) is 51.5 Å². The van der Waals surface area contributed by atoms with Crippen LogP contribution in [-0.2, 0) is 6.54 Å². The molecule has 3 rings (SSSR count). The molecule has 0 aromatic carbocycles. The van der Waals surface area contributed by atoms with Crippen LogP contribution in [0.1, 0.15) is 17.4 Å². The summed E-state index contributed by atoms with van der Waals surface area (Å²) < 4.78 is 2.02. The Morgan fingerprint density at radius 2 is 2.05 bits per heavy atom. The highest BCUT2D eigenvalue weighted by molar-refractivity contribution is 5.92. The molecule has 2 fully saturated rings. The lowest BCUT2D eigenvalue weighted by Crippen LogP contribution is -2.62. The van der Waals surface area contributed by atoms with Crippen LogP contribution in [-0.4, -0.2) is 65.6 Å². The number of nitrogens with zero attached hydrogens (tertiary/aromatic N) is 3. The van der Waals surface area contributed by atoms with E-state index in [1.807, 2.05) is 27.8 Å². The van der Waals surface area contributed by atoms with E-state index in [4.69, 9.17) is 0 Å². The van der Waals surface area contributed by atoms with Crippen LogP contribution in [0.15, 0.2) is 18.3 Å². The second kappa shape index (κ2) is 5.35. The standard InChI is InChI=1S/C14H22N4O/c1-2-16-5-3-4-13(16)14(19)18-8-6-17(7-9-18)12-10-15-11-12/h3-5,12,15H,2,6-11H2,1H3. The van der Waals surface area contributed by atoms with Gasteiger partial charge in [-0.2, -0.15) is 0 Å². The van der Waals surface area contributed by atoms with Crippen LogP contribution in [0.3, 0.4) is 0 Å². The molecule has 2 aliphatic heterocycles. The van der Waals surface area contributed by atoms with Gasteiger partial charge in [0.05, 0.1) is 0 Å². The first-order valence-electron chi connectivity index (χ1n) is 7.18. The van der Waals surface area contributed by atoms with Crippen LogP contribution >= 0.6 is 0 Å². The Hall–Kier alpha value is -1.33. The number of nitrogens with one attached hydrogen (secondary N) is 1. The van der Waals surface area contributed by atoms with Crippen LogP contribution in [0, 0.1) is 0 Å². The molecule has 2 aliphatic rings. The van der Waals surface area contributed by atoms with Crippen LogP contribution in [0.2, 0.25) is 0 Å². The van der Waals surface area contributed by atoms with Crippen molar-refractivity contribution in [1.82, 2.24) is 19.7 Å². The summed E-state index contributed by atoms with van der Waals surface area (Å²) in [5.41, 5.74) is 0.821.